The number of rotatable bonds is 5. The maximum atomic E-state index is 12.3. The van der Waals surface area contributed by atoms with Crippen molar-refractivity contribution in [3.63, 3.8) is 0 Å². The van der Waals surface area contributed by atoms with Gasteiger partial charge in [-0.1, -0.05) is 48.3 Å². The molecule has 0 atom stereocenters. The molecule has 5 heteroatoms. The highest BCUT2D eigenvalue weighted by atomic mass is 35.5. The van der Waals surface area contributed by atoms with E-state index in [0.717, 1.165) is 17.8 Å². The lowest BCUT2D eigenvalue weighted by atomic mass is 10.1. The Morgan fingerprint density at radius 3 is 2.67 bits per heavy atom. The number of amides is 1. The molecular weight excluding hydrogens is 307 g/mol. The highest BCUT2D eigenvalue weighted by molar-refractivity contribution is 6.36. The van der Waals surface area contributed by atoms with Crippen LogP contribution in [0.4, 0.5) is 5.69 Å². The lowest BCUT2D eigenvalue weighted by Crippen LogP contribution is -2.17. The molecule has 0 aliphatic rings. The first-order chi connectivity index (χ1) is 10.1. The minimum atomic E-state index is -0.272. The van der Waals surface area contributed by atoms with Crippen LogP contribution in [0.2, 0.25) is 10.0 Å². The van der Waals surface area contributed by atoms with Crippen molar-refractivity contribution in [2.75, 3.05) is 11.9 Å². The molecule has 2 aromatic rings. The molecular formula is C16H16Cl2N2O. The van der Waals surface area contributed by atoms with Crippen LogP contribution in [-0.2, 0) is 6.54 Å². The van der Waals surface area contributed by atoms with Gasteiger partial charge in [0.2, 0.25) is 0 Å². The van der Waals surface area contributed by atoms with Crippen LogP contribution in [-0.4, -0.2) is 12.5 Å². The second-order valence-electron chi connectivity index (χ2n) is 4.52. The first kappa shape index (κ1) is 15.8. The summed E-state index contributed by atoms with van der Waals surface area (Å²) in [5, 5.41) is 6.98. The van der Waals surface area contributed by atoms with Crippen molar-refractivity contribution in [3.8, 4) is 0 Å². The molecule has 0 saturated heterocycles. The molecule has 0 heterocycles. The fourth-order valence-corrected chi connectivity index (χ4v) is 2.29. The second kappa shape index (κ2) is 7.46. The quantitative estimate of drug-likeness (QED) is 0.858. The summed E-state index contributed by atoms with van der Waals surface area (Å²) in [5.74, 6) is -0.272. The van der Waals surface area contributed by atoms with Crippen LogP contribution in [0.15, 0.2) is 42.5 Å². The Bertz CT molecular complexity index is 644. The van der Waals surface area contributed by atoms with Crippen molar-refractivity contribution in [3.05, 3.63) is 63.6 Å². The predicted octanol–water partition coefficient (Wildman–Crippen LogP) is 4.36. The number of anilines is 1. The maximum absolute atomic E-state index is 12.3. The van der Waals surface area contributed by atoms with Gasteiger partial charge in [0.25, 0.3) is 5.91 Å². The van der Waals surface area contributed by atoms with E-state index in [1.165, 1.54) is 0 Å². The summed E-state index contributed by atoms with van der Waals surface area (Å²) in [6.07, 6.45) is 0. The minimum absolute atomic E-state index is 0.272. The molecule has 0 unspecified atom stereocenters. The van der Waals surface area contributed by atoms with E-state index in [2.05, 4.69) is 10.6 Å². The van der Waals surface area contributed by atoms with Gasteiger partial charge in [0.15, 0.2) is 0 Å². The van der Waals surface area contributed by atoms with Crippen molar-refractivity contribution < 1.29 is 4.79 Å². The topological polar surface area (TPSA) is 41.1 Å². The van der Waals surface area contributed by atoms with E-state index in [4.69, 9.17) is 23.2 Å². The Kier molecular flexibility index (Phi) is 5.62. The summed E-state index contributed by atoms with van der Waals surface area (Å²) in [7, 11) is 0. The molecule has 21 heavy (non-hydrogen) atoms. The third-order valence-corrected chi connectivity index (χ3v) is 3.57. The van der Waals surface area contributed by atoms with E-state index in [0.29, 0.717) is 22.2 Å². The molecule has 0 radical (unpaired) electrons. The van der Waals surface area contributed by atoms with Crippen molar-refractivity contribution in [1.29, 1.82) is 0 Å². The number of para-hydroxylation sites is 1. The smallest absolute Gasteiger partial charge is 0.257 e. The fourth-order valence-electron chi connectivity index (χ4n) is 1.92. The summed E-state index contributed by atoms with van der Waals surface area (Å²) in [6.45, 7) is 3.59. The molecule has 0 bridgehead atoms. The van der Waals surface area contributed by atoms with Gasteiger partial charge in [0.05, 0.1) is 10.6 Å². The third-order valence-electron chi connectivity index (χ3n) is 3.00. The molecule has 0 aliphatic carbocycles. The van der Waals surface area contributed by atoms with Crippen LogP contribution in [0.1, 0.15) is 22.8 Å². The molecule has 110 valence electrons. The fraction of sp³-hybridized carbons (Fsp3) is 0.188. The molecule has 1 amide bonds. The van der Waals surface area contributed by atoms with Gasteiger partial charge in [0, 0.05) is 17.3 Å². The van der Waals surface area contributed by atoms with E-state index < -0.39 is 0 Å². The normalized spacial score (nSPS) is 10.4. The van der Waals surface area contributed by atoms with Gasteiger partial charge in [-0.25, -0.2) is 0 Å². The molecule has 0 saturated carbocycles. The van der Waals surface area contributed by atoms with Crippen LogP contribution in [0, 0.1) is 0 Å². The zero-order valence-corrected chi connectivity index (χ0v) is 13.1. The first-order valence-corrected chi connectivity index (χ1v) is 7.42. The van der Waals surface area contributed by atoms with Crippen molar-refractivity contribution in [2.24, 2.45) is 0 Å². The Morgan fingerprint density at radius 1 is 1.14 bits per heavy atom. The SMILES string of the molecule is CCNCc1ccccc1NC(=O)c1cc(Cl)ccc1Cl. The third kappa shape index (κ3) is 4.21. The zero-order valence-electron chi connectivity index (χ0n) is 11.6. The summed E-state index contributed by atoms with van der Waals surface area (Å²) < 4.78 is 0. The number of benzene rings is 2. The monoisotopic (exact) mass is 322 g/mol. The highest BCUT2D eigenvalue weighted by Gasteiger charge is 2.12. The summed E-state index contributed by atoms with van der Waals surface area (Å²) in [6, 6.07) is 12.5. The summed E-state index contributed by atoms with van der Waals surface area (Å²) in [4.78, 5) is 12.3. The van der Waals surface area contributed by atoms with E-state index >= 15 is 0 Å². The largest absolute Gasteiger partial charge is 0.322 e. The highest BCUT2D eigenvalue weighted by Crippen LogP contribution is 2.23. The van der Waals surface area contributed by atoms with Gasteiger partial charge in [0.1, 0.15) is 0 Å². The van der Waals surface area contributed by atoms with Crippen molar-refractivity contribution >= 4 is 34.8 Å². The van der Waals surface area contributed by atoms with Crippen LogP contribution < -0.4 is 10.6 Å². The molecule has 0 fully saturated rings. The maximum Gasteiger partial charge on any atom is 0.257 e. The standard InChI is InChI=1S/C16H16Cl2N2O/c1-2-19-10-11-5-3-4-6-15(11)20-16(21)13-9-12(17)7-8-14(13)18/h3-9,19H,2,10H2,1H3,(H,20,21). The van der Waals surface area contributed by atoms with Crippen LogP contribution >= 0.6 is 23.2 Å². The molecule has 2 aromatic carbocycles. The summed E-state index contributed by atoms with van der Waals surface area (Å²) >= 11 is 12.0. The summed E-state index contributed by atoms with van der Waals surface area (Å²) in [5.41, 5.74) is 2.15. The van der Waals surface area contributed by atoms with Crippen LogP contribution in [0.5, 0.6) is 0 Å². The molecule has 2 N–H and O–H groups in total. The van der Waals surface area contributed by atoms with E-state index in [1.807, 2.05) is 31.2 Å². The number of hydrogen-bond donors (Lipinski definition) is 2. The second-order valence-corrected chi connectivity index (χ2v) is 5.36. The number of nitrogens with one attached hydrogen (secondary N) is 2. The Morgan fingerprint density at radius 2 is 1.90 bits per heavy atom. The molecule has 3 nitrogen and oxygen atoms in total. The van der Waals surface area contributed by atoms with Crippen LogP contribution in [0.3, 0.4) is 0 Å². The minimum Gasteiger partial charge on any atom is -0.322 e. The Balaban J connectivity index is 2.21. The van der Waals surface area contributed by atoms with Crippen LogP contribution in [0.25, 0.3) is 0 Å². The van der Waals surface area contributed by atoms with Gasteiger partial charge in [-0.15, -0.1) is 0 Å². The van der Waals surface area contributed by atoms with Gasteiger partial charge in [-0.3, -0.25) is 4.79 Å². The number of hydrogen-bond acceptors (Lipinski definition) is 2. The Labute approximate surface area is 134 Å². The Hall–Kier alpha value is -1.55. The van der Waals surface area contributed by atoms with Gasteiger partial charge < -0.3 is 10.6 Å². The number of halogens is 2. The molecule has 0 spiro atoms. The molecule has 0 aliphatic heterocycles. The zero-order chi connectivity index (χ0) is 15.2. The van der Waals surface area contributed by atoms with E-state index in [1.54, 1.807) is 18.2 Å². The average Bonchev–Trinajstić information content (AvgIpc) is 2.48. The lowest BCUT2D eigenvalue weighted by molar-refractivity contribution is 0.102. The predicted molar refractivity (Wildman–Crippen MR) is 88.2 cm³/mol. The van der Waals surface area contributed by atoms with E-state index in [9.17, 15) is 4.79 Å². The van der Waals surface area contributed by atoms with Gasteiger partial charge >= 0.3 is 0 Å². The number of carbonyl (C=O) groups excluding carboxylic acids is 1. The van der Waals surface area contributed by atoms with Crippen molar-refractivity contribution in [1.82, 2.24) is 5.32 Å². The van der Waals surface area contributed by atoms with Crippen molar-refractivity contribution in [2.45, 2.75) is 13.5 Å². The first-order valence-electron chi connectivity index (χ1n) is 6.67. The van der Waals surface area contributed by atoms with E-state index in [-0.39, 0.29) is 5.91 Å². The number of carbonyl (C=O) groups is 1. The van der Waals surface area contributed by atoms with Gasteiger partial charge in [-0.05, 0) is 36.4 Å². The average molecular weight is 323 g/mol. The molecule has 2 rings (SSSR count). The lowest BCUT2D eigenvalue weighted by Gasteiger charge is -2.12. The van der Waals surface area contributed by atoms with Gasteiger partial charge in [-0.2, -0.15) is 0 Å². The molecule has 0 aromatic heterocycles.